The van der Waals surface area contributed by atoms with Gasteiger partial charge in [-0.3, -0.25) is 0 Å². The highest BCUT2D eigenvalue weighted by Crippen LogP contribution is 2.21. The summed E-state index contributed by atoms with van der Waals surface area (Å²) in [7, 11) is -3.84. The van der Waals surface area contributed by atoms with Crippen LogP contribution in [0.15, 0.2) is 64.5 Å². The molecule has 0 saturated carbocycles. The molecule has 0 fully saturated rings. The Morgan fingerprint density at radius 3 is 2.36 bits per heavy atom. The fourth-order valence-corrected chi connectivity index (χ4v) is 3.85. The van der Waals surface area contributed by atoms with Gasteiger partial charge in [0.2, 0.25) is 5.52 Å². The molecule has 0 unspecified atom stereocenters. The second-order valence-electron chi connectivity index (χ2n) is 5.35. The molecule has 3 rings (SSSR count). The van der Waals surface area contributed by atoms with Crippen molar-refractivity contribution in [2.24, 2.45) is 0 Å². The number of benzene rings is 2. The first kappa shape index (κ1) is 14.5. The monoisotopic (exact) mass is 313 g/mol. The maximum absolute atomic E-state index is 12.7. The van der Waals surface area contributed by atoms with Crippen LogP contribution in [0.1, 0.15) is 11.1 Å². The highest BCUT2D eigenvalue weighted by molar-refractivity contribution is 7.91. The van der Waals surface area contributed by atoms with Gasteiger partial charge in [0.15, 0.2) is 0 Å². The third kappa shape index (κ3) is 2.33. The van der Waals surface area contributed by atoms with Gasteiger partial charge in [-0.15, -0.1) is 0 Å². The molecule has 0 radical (unpaired) electrons. The largest absolute Gasteiger partial charge is 0.617 e. The molecule has 1 heterocycles. The van der Waals surface area contributed by atoms with E-state index in [2.05, 4.69) is 0 Å². The van der Waals surface area contributed by atoms with Gasteiger partial charge in [-0.25, -0.2) is 8.42 Å². The summed E-state index contributed by atoms with van der Waals surface area (Å²) in [4.78, 5) is 0.128. The zero-order valence-corrected chi connectivity index (χ0v) is 13.1. The van der Waals surface area contributed by atoms with E-state index < -0.39 is 9.84 Å². The van der Waals surface area contributed by atoms with Crippen molar-refractivity contribution in [2.45, 2.75) is 23.8 Å². The predicted octanol–water partition coefficient (Wildman–Crippen LogP) is 2.92. The molecular formula is C17H15NO3S. The molecule has 0 aliphatic rings. The van der Waals surface area contributed by atoms with Crippen molar-refractivity contribution in [3.05, 3.63) is 70.9 Å². The maximum Gasteiger partial charge on any atom is 0.313 e. The number of fused-ring (bicyclic) bond motifs is 1. The Hall–Kier alpha value is -2.40. The number of hydrogen-bond donors (Lipinski definition) is 0. The number of nitrogens with zero attached hydrogens (tertiary/aromatic N) is 1. The summed E-state index contributed by atoms with van der Waals surface area (Å²) >= 11 is 0. The molecule has 0 spiro atoms. The first-order valence-corrected chi connectivity index (χ1v) is 8.32. The van der Waals surface area contributed by atoms with Crippen molar-refractivity contribution in [1.82, 2.24) is 0 Å². The van der Waals surface area contributed by atoms with E-state index in [4.69, 9.17) is 0 Å². The smallest absolute Gasteiger partial charge is 0.313 e. The van der Waals surface area contributed by atoms with Gasteiger partial charge >= 0.3 is 5.03 Å². The Kier molecular flexibility index (Phi) is 3.37. The molecule has 3 aromatic rings. The molecule has 0 aliphatic heterocycles. The van der Waals surface area contributed by atoms with Crippen molar-refractivity contribution in [3.8, 4) is 0 Å². The van der Waals surface area contributed by atoms with Crippen LogP contribution >= 0.6 is 0 Å². The topological polar surface area (TPSA) is 61.1 Å². The van der Waals surface area contributed by atoms with Gasteiger partial charge in [-0.1, -0.05) is 23.8 Å². The average molecular weight is 313 g/mol. The highest BCUT2D eigenvalue weighted by atomic mass is 32.2. The van der Waals surface area contributed by atoms with Gasteiger partial charge in [0.1, 0.15) is 0 Å². The highest BCUT2D eigenvalue weighted by Gasteiger charge is 2.27. The lowest BCUT2D eigenvalue weighted by Gasteiger charge is -2.09. The summed E-state index contributed by atoms with van der Waals surface area (Å²) in [5, 5.41) is 12.9. The standard InChI is InChI=1S/C17H15NO3S/c1-12-4-3-5-15(11-12)22(20,21)17-9-7-14-10-13(2)6-8-16(14)18(17)19/h3-11H,1-2H3. The summed E-state index contributed by atoms with van der Waals surface area (Å²) in [6.45, 7) is 3.74. The number of pyridine rings is 1. The van der Waals surface area contributed by atoms with Crippen LogP contribution in [0.2, 0.25) is 0 Å². The minimum absolute atomic E-state index is 0.128. The van der Waals surface area contributed by atoms with Crippen LogP contribution in [0.4, 0.5) is 0 Å². The normalized spacial score (nSPS) is 11.7. The number of aryl methyl sites for hydroxylation is 2. The lowest BCUT2D eigenvalue weighted by Crippen LogP contribution is -2.34. The molecule has 112 valence electrons. The van der Waals surface area contributed by atoms with Gasteiger partial charge in [0.25, 0.3) is 9.84 Å². The second-order valence-corrected chi connectivity index (χ2v) is 7.24. The SMILES string of the molecule is Cc1cccc(S(=O)(=O)c2ccc3cc(C)ccc3[n+]2[O-])c1. The van der Waals surface area contributed by atoms with Gasteiger partial charge in [-0.2, -0.15) is 4.73 Å². The number of rotatable bonds is 2. The molecule has 0 atom stereocenters. The fourth-order valence-electron chi connectivity index (χ4n) is 2.44. The molecule has 0 N–H and O–H groups in total. The van der Waals surface area contributed by atoms with Crippen LogP contribution in [0.5, 0.6) is 0 Å². The van der Waals surface area contributed by atoms with Gasteiger partial charge in [0, 0.05) is 17.5 Å². The Morgan fingerprint density at radius 1 is 0.909 bits per heavy atom. The van der Waals surface area contributed by atoms with E-state index in [9.17, 15) is 13.6 Å². The summed E-state index contributed by atoms with van der Waals surface area (Å²) < 4.78 is 25.9. The zero-order chi connectivity index (χ0) is 15.9. The van der Waals surface area contributed by atoms with Crippen LogP contribution in [-0.2, 0) is 9.84 Å². The summed E-state index contributed by atoms with van der Waals surface area (Å²) in [5.41, 5.74) is 2.19. The lowest BCUT2D eigenvalue weighted by atomic mass is 10.1. The Balaban J connectivity index is 2.26. The third-order valence-electron chi connectivity index (χ3n) is 3.58. The van der Waals surface area contributed by atoms with Crippen LogP contribution in [-0.4, -0.2) is 8.42 Å². The van der Waals surface area contributed by atoms with Gasteiger partial charge < -0.3 is 5.21 Å². The van der Waals surface area contributed by atoms with E-state index in [-0.39, 0.29) is 9.92 Å². The zero-order valence-electron chi connectivity index (χ0n) is 12.3. The van der Waals surface area contributed by atoms with E-state index in [1.165, 1.54) is 12.1 Å². The summed E-state index contributed by atoms with van der Waals surface area (Å²) in [5.74, 6) is 0. The minimum atomic E-state index is -3.84. The predicted molar refractivity (Wildman–Crippen MR) is 84.3 cm³/mol. The first-order valence-electron chi connectivity index (χ1n) is 6.84. The molecule has 22 heavy (non-hydrogen) atoms. The Morgan fingerprint density at radius 2 is 1.64 bits per heavy atom. The molecule has 5 heteroatoms. The van der Waals surface area contributed by atoms with Crippen molar-refractivity contribution >= 4 is 20.7 Å². The Bertz CT molecular complexity index is 978. The molecular weight excluding hydrogens is 298 g/mol. The fraction of sp³-hybridized carbons (Fsp3) is 0.118. The number of hydrogen-bond acceptors (Lipinski definition) is 3. The molecule has 2 aromatic carbocycles. The lowest BCUT2D eigenvalue weighted by molar-refractivity contribution is -0.619. The van der Waals surface area contributed by atoms with E-state index in [1.54, 1.807) is 30.3 Å². The second kappa shape index (κ2) is 5.10. The number of aromatic nitrogens is 1. The summed E-state index contributed by atoms with van der Waals surface area (Å²) in [6.07, 6.45) is 0. The minimum Gasteiger partial charge on any atom is -0.617 e. The van der Waals surface area contributed by atoms with E-state index in [0.29, 0.717) is 10.2 Å². The molecule has 0 bridgehead atoms. The van der Waals surface area contributed by atoms with Crippen LogP contribution < -0.4 is 4.73 Å². The van der Waals surface area contributed by atoms with Crippen LogP contribution in [0.3, 0.4) is 0 Å². The Labute approximate surface area is 129 Å². The van der Waals surface area contributed by atoms with Crippen LogP contribution in [0, 0.1) is 19.1 Å². The molecule has 0 saturated heterocycles. The molecule has 4 nitrogen and oxygen atoms in total. The van der Waals surface area contributed by atoms with Gasteiger partial charge in [-0.05, 0) is 43.7 Å². The number of sulfone groups is 1. The van der Waals surface area contributed by atoms with E-state index in [0.717, 1.165) is 16.5 Å². The first-order chi connectivity index (χ1) is 10.4. The van der Waals surface area contributed by atoms with Crippen molar-refractivity contribution in [1.29, 1.82) is 0 Å². The van der Waals surface area contributed by atoms with Gasteiger partial charge in [0.05, 0.1) is 4.90 Å². The maximum atomic E-state index is 12.7. The molecule has 0 amide bonds. The van der Waals surface area contributed by atoms with E-state index >= 15 is 0 Å². The third-order valence-corrected chi connectivity index (χ3v) is 5.31. The molecule has 1 aromatic heterocycles. The van der Waals surface area contributed by atoms with Crippen molar-refractivity contribution < 1.29 is 13.1 Å². The van der Waals surface area contributed by atoms with Crippen molar-refractivity contribution in [3.63, 3.8) is 0 Å². The van der Waals surface area contributed by atoms with Crippen LogP contribution in [0.25, 0.3) is 10.9 Å². The van der Waals surface area contributed by atoms with E-state index in [1.807, 2.05) is 26.0 Å². The summed E-state index contributed by atoms with van der Waals surface area (Å²) in [6, 6.07) is 14.9. The quantitative estimate of drug-likeness (QED) is 0.540. The van der Waals surface area contributed by atoms with Crippen molar-refractivity contribution in [2.75, 3.05) is 0 Å². The average Bonchev–Trinajstić information content (AvgIpc) is 2.47. The molecule has 0 aliphatic carbocycles.